The van der Waals surface area contributed by atoms with Crippen molar-refractivity contribution >= 4 is 0 Å². The zero-order valence-electron chi connectivity index (χ0n) is 18.8. The smallest absolute Gasteiger partial charge is 0.119 e. The number of benzene rings is 2. The fourth-order valence-corrected chi connectivity index (χ4v) is 3.47. The zero-order valence-corrected chi connectivity index (χ0v) is 18.8. The summed E-state index contributed by atoms with van der Waals surface area (Å²) < 4.78 is 11.9. The van der Waals surface area contributed by atoms with Crippen LogP contribution in [0.2, 0.25) is 0 Å². The Bertz CT molecular complexity index is 645. The van der Waals surface area contributed by atoms with Crippen LogP contribution < -0.4 is 4.74 Å². The molecule has 0 bridgehead atoms. The number of hydrogen-bond donors (Lipinski definition) is 0. The molecule has 0 heterocycles. The van der Waals surface area contributed by atoms with Gasteiger partial charge in [0.2, 0.25) is 0 Å². The Morgan fingerprint density at radius 1 is 0.621 bits per heavy atom. The van der Waals surface area contributed by atoms with Crippen molar-refractivity contribution in [3.63, 3.8) is 0 Å². The lowest BCUT2D eigenvalue weighted by Crippen LogP contribution is -2.01. The van der Waals surface area contributed by atoms with Gasteiger partial charge in [-0.25, -0.2) is 0 Å². The first kappa shape index (κ1) is 23.5. The normalized spacial score (nSPS) is 12.1. The van der Waals surface area contributed by atoms with Crippen molar-refractivity contribution in [1.82, 2.24) is 0 Å². The molecule has 0 saturated heterocycles. The standard InChI is InChI=1S/C27H40O2/c1-4-6-8-10-12-21-28-23(3)24-13-15-25(16-14-24)26-17-19-27(20-18-26)29-22-11-9-7-5-2/h13-20,23H,4-12,21-22H2,1-3H3. The maximum absolute atomic E-state index is 6.01. The molecule has 0 spiro atoms. The minimum Gasteiger partial charge on any atom is -0.494 e. The summed E-state index contributed by atoms with van der Waals surface area (Å²) in [5.74, 6) is 0.961. The van der Waals surface area contributed by atoms with Gasteiger partial charge in [-0.15, -0.1) is 0 Å². The molecule has 0 aliphatic heterocycles. The van der Waals surface area contributed by atoms with E-state index in [4.69, 9.17) is 9.47 Å². The van der Waals surface area contributed by atoms with E-state index in [1.807, 2.05) is 0 Å². The van der Waals surface area contributed by atoms with Gasteiger partial charge in [-0.05, 0) is 48.6 Å². The second-order valence-electron chi connectivity index (χ2n) is 7.98. The summed E-state index contributed by atoms with van der Waals surface area (Å²) in [6.07, 6.45) is 11.5. The SMILES string of the molecule is CCCCCCCOC(C)c1ccc(-c2ccc(OCCCCCC)cc2)cc1. The van der Waals surface area contributed by atoms with Crippen LogP contribution in [0.3, 0.4) is 0 Å². The Balaban J connectivity index is 1.77. The van der Waals surface area contributed by atoms with Gasteiger partial charge in [0.05, 0.1) is 12.7 Å². The van der Waals surface area contributed by atoms with E-state index in [0.29, 0.717) is 0 Å². The van der Waals surface area contributed by atoms with Gasteiger partial charge in [-0.2, -0.15) is 0 Å². The molecular formula is C27H40O2. The third-order valence-corrected chi connectivity index (χ3v) is 5.45. The number of ether oxygens (including phenoxy) is 2. The van der Waals surface area contributed by atoms with Crippen molar-refractivity contribution in [3.05, 3.63) is 54.1 Å². The topological polar surface area (TPSA) is 18.5 Å². The fourth-order valence-electron chi connectivity index (χ4n) is 3.47. The Morgan fingerprint density at radius 3 is 1.76 bits per heavy atom. The predicted molar refractivity (Wildman–Crippen MR) is 125 cm³/mol. The summed E-state index contributed by atoms with van der Waals surface area (Å²) in [5.41, 5.74) is 3.70. The number of hydrogen-bond acceptors (Lipinski definition) is 2. The highest BCUT2D eigenvalue weighted by atomic mass is 16.5. The minimum absolute atomic E-state index is 0.152. The Labute approximate surface area is 178 Å². The van der Waals surface area contributed by atoms with E-state index in [9.17, 15) is 0 Å². The molecule has 0 radical (unpaired) electrons. The molecule has 2 aromatic carbocycles. The molecule has 1 unspecified atom stereocenters. The molecule has 1 atom stereocenters. The van der Waals surface area contributed by atoms with Crippen LogP contribution in [0.5, 0.6) is 5.75 Å². The maximum atomic E-state index is 6.01. The van der Waals surface area contributed by atoms with E-state index < -0.39 is 0 Å². The summed E-state index contributed by atoms with van der Waals surface area (Å²) in [6.45, 7) is 8.29. The molecule has 0 amide bonds. The average molecular weight is 397 g/mol. The number of rotatable bonds is 15. The Hall–Kier alpha value is -1.80. The first-order chi connectivity index (χ1) is 14.2. The summed E-state index contributed by atoms with van der Waals surface area (Å²) in [4.78, 5) is 0. The van der Waals surface area contributed by atoms with Crippen molar-refractivity contribution in [1.29, 1.82) is 0 Å². The van der Waals surface area contributed by atoms with Gasteiger partial charge in [0, 0.05) is 6.61 Å². The maximum Gasteiger partial charge on any atom is 0.119 e. The largest absolute Gasteiger partial charge is 0.494 e. The zero-order chi connectivity index (χ0) is 20.7. The van der Waals surface area contributed by atoms with Crippen molar-refractivity contribution in [3.8, 4) is 16.9 Å². The highest BCUT2D eigenvalue weighted by Crippen LogP contribution is 2.25. The Kier molecular flexibility index (Phi) is 11.5. The van der Waals surface area contributed by atoms with Crippen LogP contribution in [0.1, 0.15) is 90.2 Å². The van der Waals surface area contributed by atoms with Crippen LogP contribution in [-0.4, -0.2) is 13.2 Å². The highest BCUT2D eigenvalue weighted by Gasteiger charge is 2.06. The lowest BCUT2D eigenvalue weighted by molar-refractivity contribution is 0.0627. The second kappa shape index (κ2) is 14.2. The third-order valence-electron chi connectivity index (χ3n) is 5.45. The Morgan fingerprint density at radius 2 is 1.14 bits per heavy atom. The lowest BCUT2D eigenvalue weighted by atomic mass is 10.0. The van der Waals surface area contributed by atoms with Crippen molar-refractivity contribution < 1.29 is 9.47 Å². The molecule has 160 valence electrons. The summed E-state index contributed by atoms with van der Waals surface area (Å²) in [5, 5.41) is 0. The summed E-state index contributed by atoms with van der Waals surface area (Å²) in [6, 6.07) is 17.2. The van der Waals surface area contributed by atoms with E-state index in [0.717, 1.165) is 31.8 Å². The van der Waals surface area contributed by atoms with Crippen LogP contribution in [0, 0.1) is 0 Å². The third kappa shape index (κ3) is 9.04. The molecule has 2 heteroatoms. The molecule has 29 heavy (non-hydrogen) atoms. The minimum atomic E-state index is 0.152. The van der Waals surface area contributed by atoms with Gasteiger partial charge >= 0.3 is 0 Å². The molecule has 0 N–H and O–H groups in total. The summed E-state index contributed by atoms with van der Waals surface area (Å²) in [7, 11) is 0. The van der Waals surface area contributed by atoms with Gasteiger partial charge in [-0.1, -0.05) is 95.2 Å². The average Bonchev–Trinajstić information content (AvgIpc) is 2.76. The molecule has 0 fully saturated rings. The van der Waals surface area contributed by atoms with Crippen LogP contribution in [-0.2, 0) is 4.74 Å². The molecule has 0 aromatic heterocycles. The van der Waals surface area contributed by atoms with E-state index in [-0.39, 0.29) is 6.10 Å². The van der Waals surface area contributed by atoms with Crippen molar-refractivity contribution in [2.24, 2.45) is 0 Å². The van der Waals surface area contributed by atoms with Crippen molar-refractivity contribution in [2.75, 3.05) is 13.2 Å². The lowest BCUT2D eigenvalue weighted by Gasteiger charge is -2.14. The summed E-state index contributed by atoms with van der Waals surface area (Å²) >= 11 is 0. The molecule has 2 aromatic rings. The number of unbranched alkanes of at least 4 members (excludes halogenated alkanes) is 7. The first-order valence-corrected chi connectivity index (χ1v) is 11.7. The second-order valence-corrected chi connectivity index (χ2v) is 7.98. The van der Waals surface area contributed by atoms with Crippen LogP contribution in [0.4, 0.5) is 0 Å². The monoisotopic (exact) mass is 396 g/mol. The molecule has 2 nitrogen and oxygen atoms in total. The van der Waals surface area contributed by atoms with E-state index in [1.54, 1.807) is 0 Å². The van der Waals surface area contributed by atoms with Crippen LogP contribution >= 0.6 is 0 Å². The van der Waals surface area contributed by atoms with Gasteiger partial charge < -0.3 is 9.47 Å². The first-order valence-electron chi connectivity index (χ1n) is 11.7. The van der Waals surface area contributed by atoms with Gasteiger partial charge in [0.1, 0.15) is 5.75 Å². The highest BCUT2D eigenvalue weighted by molar-refractivity contribution is 5.64. The van der Waals surface area contributed by atoms with Crippen molar-refractivity contribution in [2.45, 2.75) is 84.7 Å². The molecule has 2 rings (SSSR count). The van der Waals surface area contributed by atoms with Crippen LogP contribution in [0.25, 0.3) is 11.1 Å². The van der Waals surface area contributed by atoms with Gasteiger partial charge in [-0.3, -0.25) is 0 Å². The van der Waals surface area contributed by atoms with E-state index >= 15 is 0 Å². The fraction of sp³-hybridized carbons (Fsp3) is 0.556. The molecular weight excluding hydrogens is 356 g/mol. The molecule has 0 aliphatic rings. The van der Waals surface area contributed by atoms with E-state index in [2.05, 4.69) is 69.3 Å². The predicted octanol–water partition coefficient (Wildman–Crippen LogP) is 8.36. The van der Waals surface area contributed by atoms with Crippen LogP contribution in [0.15, 0.2) is 48.5 Å². The van der Waals surface area contributed by atoms with Gasteiger partial charge in [0.15, 0.2) is 0 Å². The molecule has 0 aliphatic carbocycles. The van der Waals surface area contributed by atoms with E-state index in [1.165, 1.54) is 61.6 Å². The quantitative estimate of drug-likeness (QED) is 0.281. The molecule has 0 saturated carbocycles. The van der Waals surface area contributed by atoms with Gasteiger partial charge in [0.25, 0.3) is 0 Å².